The lowest BCUT2D eigenvalue weighted by molar-refractivity contribution is 0.547. The molecule has 0 saturated heterocycles. The minimum absolute atomic E-state index is 1.08. The largest absolute Gasteiger partial charge is 0.317 e. The van der Waals surface area contributed by atoms with E-state index in [4.69, 9.17) is 0 Å². The molecule has 5 N–H and O–H groups in total. The topological polar surface area (TPSA) is 60.1 Å². The lowest BCUT2D eigenvalue weighted by atomic mass is 10.3. The molecule has 128 valence electrons. The maximum Gasteiger partial charge on any atom is -0.00368 e. The number of nitrogens with one attached hydrogen (secondary N) is 5. The molecular weight excluding hydrogens is 262 g/mol. The zero-order valence-corrected chi connectivity index (χ0v) is 14.4. The smallest absolute Gasteiger partial charge is 0.00368 e. The summed E-state index contributed by atoms with van der Waals surface area (Å²) in [6.07, 6.45) is 4.88. The van der Waals surface area contributed by atoms with Gasteiger partial charge in [-0.1, -0.05) is 13.8 Å². The number of hydrogen-bond acceptors (Lipinski definition) is 5. The minimum Gasteiger partial charge on any atom is -0.317 e. The predicted molar refractivity (Wildman–Crippen MR) is 94.2 cm³/mol. The van der Waals surface area contributed by atoms with Gasteiger partial charge in [-0.25, -0.2) is 0 Å². The molecule has 0 atom stereocenters. The summed E-state index contributed by atoms with van der Waals surface area (Å²) >= 11 is 0. The first-order chi connectivity index (χ1) is 10.4. The standard InChI is InChI=1S/C16H39N5/c1-3-17-9-5-11-19-13-7-15-21-16-8-14-20-12-6-10-18-4-2/h17-21H,3-16H2,1-2H3. The lowest BCUT2D eigenvalue weighted by Crippen LogP contribution is -2.27. The van der Waals surface area contributed by atoms with Gasteiger partial charge in [-0.2, -0.15) is 0 Å². The molecule has 0 aromatic heterocycles. The van der Waals surface area contributed by atoms with E-state index >= 15 is 0 Å². The Morgan fingerprint density at radius 3 is 0.857 bits per heavy atom. The van der Waals surface area contributed by atoms with Gasteiger partial charge in [0.15, 0.2) is 0 Å². The van der Waals surface area contributed by atoms with E-state index in [-0.39, 0.29) is 0 Å². The van der Waals surface area contributed by atoms with E-state index in [0.29, 0.717) is 0 Å². The molecule has 0 spiro atoms. The Hall–Kier alpha value is -0.200. The Kier molecular flexibility index (Phi) is 19.6. The van der Waals surface area contributed by atoms with Crippen LogP contribution in [0.15, 0.2) is 0 Å². The van der Waals surface area contributed by atoms with Crippen LogP contribution in [-0.2, 0) is 0 Å². The van der Waals surface area contributed by atoms with E-state index in [2.05, 4.69) is 40.4 Å². The summed E-state index contributed by atoms with van der Waals surface area (Å²) in [6, 6.07) is 0. The quantitative estimate of drug-likeness (QED) is 0.239. The van der Waals surface area contributed by atoms with Crippen molar-refractivity contribution in [2.24, 2.45) is 0 Å². The molecule has 0 aromatic carbocycles. The van der Waals surface area contributed by atoms with E-state index in [0.717, 1.165) is 65.4 Å². The Morgan fingerprint density at radius 2 is 0.619 bits per heavy atom. The van der Waals surface area contributed by atoms with Crippen LogP contribution < -0.4 is 26.6 Å². The van der Waals surface area contributed by atoms with Crippen molar-refractivity contribution >= 4 is 0 Å². The van der Waals surface area contributed by atoms with Crippen LogP contribution in [0.1, 0.15) is 39.5 Å². The highest BCUT2D eigenvalue weighted by Crippen LogP contribution is 1.80. The molecule has 0 amide bonds. The van der Waals surface area contributed by atoms with Crippen LogP contribution in [0, 0.1) is 0 Å². The molecule has 21 heavy (non-hydrogen) atoms. The first-order valence-corrected chi connectivity index (χ1v) is 8.95. The third kappa shape index (κ3) is 19.8. The van der Waals surface area contributed by atoms with Crippen LogP contribution in [0.2, 0.25) is 0 Å². The SMILES string of the molecule is CCNCCCNCCCNCCCNCCCNCC. The highest BCUT2D eigenvalue weighted by atomic mass is 14.9. The highest BCUT2D eigenvalue weighted by Gasteiger charge is 1.91. The van der Waals surface area contributed by atoms with Crippen LogP contribution in [0.5, 0.6) is 0 Å². The van der Waals surface area contributed by atoms with Crippen LogP contribution in [0.25, 0.3) is 0 Å². The van der Waals surface area contributed by atoms with Crippen molar-refractivity contribution < 1.29 is 0 Å². The van der Waals surface area contributed by atoms with Gasteiger partial charge >= 0.3 is 0 Å². The van der Waals surface area contributed by atoms with Gasteiger partial charge in [-0.05, 0) is 91.1 Å². The molecule has 5 heteroatoms. The molecule has 0 radical (unpaired) electrons. The summed E-state index contributed by atoms with van der Waals surface area (Å²) < 4.78 is 0. The fraction of sp³-hybridized carbons (Fsp3) is 1.00. The number of rotatable bonds is 18. The van der Waals surface area contributed by atoms with Gasteiger partial charge in [0.2, 0.25) is 0 Å². The van der Waals surface area contributed by atoms with Crippen molar-refractivity contribution in [3.05, 3.63) is 0 Å². The fourth-order valence-electron chi connectivity index (χ4n) is 2.08. The third-order valence-corrected chi connectivity index (χ3v) is 3.33. The zero-order chi connectivity index (χ0) is 15.4. The second-order valence-electron chi connectivity index (χ2n) is 5.37. The van der Waals surface area contributed by atoms with Crippen molar-refractivity contribution in [1.29, 1.82) is 0 Å². The molecule has 0 fully saturated rings. The summed E-state index contributed by atoms with van der Waals surface area (Å²) in [5.74, 6) is 0. The van der Waals surface area contributed by atoms with Gasteiger partial charge in [0.05, 0.1) is 0 Å². The van der Waals surface area contributed by atoms with Gasteiger partial charge in [0.1, 0.15) is 0 Å². The van der Waals surface area contributed by atoms with E-state index in [9.17, 15) is 0 Å². The molecule has 0 aromatic rings. The molecule has 0 bridgehead atoms. The normalized spacial score (nSPS) is 11.1. The second kappa shape index (κ2) is 19.8. The summed E-state index contributed by atoms with van der Waals surface area (Å²) in [5.41, 5.74) is 0. The fourth-order valence-corrected chi connectivity index (χ4v) is 2.08. The molecule has 0 aliphatic rings. The average molecular weight is 302 g/mol. The van der Waals surface area contributed by atoms with Crippen LogP contribution in [0.3, 0.4) is 0 Å². The molecule has 0 rings (SSSR count). The van der Waals surface area contributed by atoms with Crippen LogP contribution in [-0.4, -0.2) is 65.4 Å². The minimum atomic E-state index is 1.08. The monoisotopic (exact) mass is 301 g/mol. The van der Waals surface area contributed by atoms with E-state index in [1.54, 1.807) is 0 Å². The summed E-state index contributed by atoms with van der Waals surface area (Å²) in [6.45, 7) is 15.5. The summed E-state index contributed by atoms with van der Waals surface area (Å²) in [7, 11) is 0. The molecule has 0 aliphatic heterocycles. The average Bonchev–Trinajstić information content (AvgIpc) is 2.50. The predicted octanol–water partition coefficient (Wildman–Crippen LogP) is 0.535. The molecule has 0 heterocycles. The van der Waals surface area contributed by atoms with Crippen LogP contribution in [0.4, 0.5) is 0 Å². The number of hydrogen-bond donors (Lipinski definition) is 5. The van der Waals surface area contributed by atoms with Crippen molar-refractivity contribution in [3.63, 3.8) is 0 Å². The molecule has 0 unspecified atom stereocenters. The highest BCUT2D eigenvalue weighted by molar-refractivity contribution is 4.56. The Morgan fingerprint density at radius 1 is 0.381 bits per heavy atom. The Labute approximate surface area is 132 Å². The van der Waals surface area contributed by atoms with Crippen molar-refractivity contribution in [2.45, 2.75) is 39.5 Å². The van der Waals surface area contributed by atoms with Gasteiger partial charge in [-0.3, -0.25) is 0 Å². The molecular formula is C16H39N5. The first-order valence-electron chi connectivity index (χ1n) is 8.95. The van der Waals surface area contributed by atoms with Crippen LogP contribution >= 0.6 is 0 Å². The Bertz CT molecular complexity index is 160. The maximum absolute atomic E-state index is 3.50. The molecule has 0 aliphatic carbocycles. The van der Waals surface area contributed by atoms with Gasteiger partial charge in [-0.15, -0.1) is 0 Å². The molecule has 0 saturated carbocycles. The van der Waals surface area contributed by atoms with E-state index in [1.165, 1.54) is 25.7 Å². The zero-order valence-electron chi connectivity index (χ0n) is 14.4. The first kappa shape index (κ1) is 20.8. The van der Waals surface area contributed by atoms with Crippen molar-refractivity contribution in [1.82, 2.24) is 26.6 Å². The van der Waals surface area contributed by atoms with Gasteiger partial charge < -0.3 is 26.6 Å². The lowest BCUT2D eigenvalue weighted by Gasteiger charge is -2.07. The van der Waals surface area contributed by atoms with E-state index in [1.807, 2.05) is 0 Å². The van der Waals surface area contributed by atoms with Gasteiger partial charge in [0.25, 0.3) is 0 Å². The Balaban J connectivity index is 2.90. The second-order valence-corrected chi connectivity index (χ2v) is 5.37. The summed E-state index contributed by atoms with van der Waals surface area (Å²) in [4.78, 5) is 0. The van der Waals surface area contributed by atoms with Crippen molar-refractivity contribution in [3.8, 4) is 0 Å². The van der Waals surface area contributed by atoms with Gasteiger partial charge in [0, 0.05) is 0 Å². The van der Waals surface area contributed by atoms with Crippen molar-refractivity contribution in [2.75, 3.05) is 65.4 Å². The molecule has 5 nitrogen and oxygen atoms in total. The van der Waals surface area contributed by atoms with E-state index < -0.39 is 0 Å². The third-order valence-electron chi connectivity index (χ3n) is 3.33. The summed E-state index contributed by atoms with van der Waals surface area (Å²) in [5, 5.41) is 17.1. The maximum atomic E-state index is 3.50.